The fourth-order valence-corrected chi connectivity index (χ4v) is 2.42. The SMILES string of the molecule is NS(=O)(=O)c1cccc(CNc2cc(F)ccc2[N+](=O)[O-])c1. The molecule has 22 heavy (non-hydrogen) atoms. The Kier molecular flexibility index (Phi) is 4.38. The van der Waals surface area contributed by atoms with Crippen LogP contribution in [0.2, 0.25) is 0 Å². The number of rotatable bonds is 5. The summed E-state index contributed by atoms with van der Waals surface area (Å²) in [4.78, 5) is 10.2. The van der Waals surface area contributed by atoms with Gasteiger partial charge in [0.15, 0.2) is 0 Å². The predicted octanol–water partition coefficient (Wildman–Crippen LogP) is 1.99. The number of nitrogens with two attached hydrogens (primary N) is 1. The highest BCUT2D eigenvalue weighted by Gasteiger charge is 2.14. The average Bonchev–Trinajstić information content (AvgIpc) is 2.44. The zero-order valence-corrected chi connectivity index (χ0v) is 12.0. The molecular weight excluding hydrogens is 313 g/mol. The van der Waals surface area contributed by atoms with Crippen LogP contribution in [0.4, 0.5) is 15.8 Å². The van der Waals surface area contributed by atoms with Crippen molar-refractivity contribution in [2.75, 3.05) is 5.32 Å². The van der Waals surface area contributed by atoms with Crippen LogP contribution in [-0.2, 0) is 16.6 Å². The summed E-state index contributed by atoms with van der Waals surface area (Å²) in [6, 6.07) is 8.84. The molecule has 2 aromatic carbocycles. The van der Waals surface area contributed by atoms with Gasteiger partial charge in [0, 0.05) is 18.7 Å². The Morgan fingerprint density at radius 2 is 1.95 bits per heavy atom. The second-order valence-corrected chi connectivity index (χ2v) is 6.03. The highest BCUT2D eigenvalue weighted by molar-refractivity contribution is 7.89. The van der Waals surface area contributed by atoms with E-state index in [1.807, 2.05) is 0 Å². The Morgan fingerprint density at radius 1 is 1.23 bits per heavy atom. The Labute approximate surface area is 125 Å². The van der Waals surface area contributed by atoms with Crippen LogP contribution in [0.3, 0.4) is 0 Å². The van der Waals surface area contributed by atoms with Gasteiger partial charge in [0.25, 0.3) is 5.69 Å². The summed E-state index contributed by atoms with van der Waals surface area (Å²) < 4.78 is 35.7. The van der Waals surface area contributed by atoms with Gasteiger partial charge in [0.05, 0.1) is 9.82 Å². The Bertz CT molecular complexity index is 824. The molecule has 0 saturated heterocycles. The van der Waals surface area contributed by atoms with E-state index in [4.69, 9.17) is 5.14 Å². The van der Waals surface area contributed by atoms with Crippen molar-refractivity contribution in [3.8, 4) is 0 Å². The van der Waals surface area contributed by atoms with Gasteiger partial charge >= 0.3 is 0 Å². The summed E-state index contributed by atoms with van der Waals surface area (Å²) in [7, 11) is -3.83. The number of nitrogens with one attached hydrogen (secondary N) is 1. The van der Waals surface area contributed by atoms with Crippen molar-refractivity contribution in [2.24, 2.45) is 5.14 Å². The zero-order chi connectivity index (χ0) is 16.3. The minimum Gasteiger partial charge on any atom is -0.375 e. The van der Waals surface area contributed by atoms with Crippen LogP contribution in [-0.4, -0.2) is 13.3 Å². The van der Waals surface area contributed by atoms with E-state index in [-0.39, 0.29) is 22.8 Å². The molecule has 0 bridgehead atoms. The molecule has 0 aliphatic rings. The monoisotopic (exact) mass is 325 g/mol. The first-order valence-corrected chi connectivity index (χ1v) is 7.61. The molecule has 0 heterocycles. The molecular formula is C13H12FN3O4S. The molecule has 0 aromatic heterocycles. The number of sulfonamides is 1. The normalized spacial score (nSPS) is 11.2. The van der Waals surface area contributed by atoms with Gasteiger partial charge in [0.1, 0.15) is 11.5 Å². The summed E-state index contributed by atoms with van der Waals surface area (Å²) in [5.74, 6) is -0.619. The molecule has 0 radical (unpaired) electrons. The van der Waals surface area contributed by atoms with Crippen LogP contribution in [0, 0.1) is 15.9 Å². The smallest absolute Gasteiger partial charge is 0.292 e. The first kappa shape index (κ1) is 15.9. The van der Waals surface area contributed by atoms with E-state index >= 15 is 0 Å². The van der Waals surface area contributed by atoms with E-state index in [2.05, 4.69) is 5.32 Å². The Balaban J connectivity index is 2.24. The maximum Gasteiger partial charge on any atom is 0.292 e. The lowest BCUT2D eigenvalue weighted by Gasteiger charge is -2.08. The second kappa shape index (κ2) is 6.08. The largest absolute Gasteiger partial charge is 0.375 e. The van der Waals surface area contributed by atoms with Gasteiger partial charge in [-0.15, -0.1) is 0 Å². The van der Waals surface area contributed by atoms with Gasteiger partial charge in [-0.3, -0.25) is 10.1 Å². The standard InChI is InChI=1S/C13H12FN3O4S/c14-10-4-5-13(17(18)19)12(7-10)16-8-9-2-1-3-11(6-9)22(15,20)21/h1-7,16H,8H2,(H2,15,20,21). The van der Waals surface area contributed by atoms with E-state index in [0.717, 1.165) is 18.2 Å². The van der Waals surface area contributed by atoms with Crippen molar-refractivity contribution < 1.29 is 17.7 Å². The minimum atomic E-state index is -3.83. The lowest BCUT2D eigenvalue weighted by atomic mass is 10.2. The molecule has 0 amide bonds. The molecule has 0 spiro atoms. The van der Waals surface area contributed by atoms with Crippen LogP contribution < -0.4 is 10.5 Å². The van der Waals surface area contributed by atoms with Crippen molar-refractivity contribution in [2.45, 2.75) is 11.4 Å². The number of halogens is 1. The molecule has 0 saturated carbocycles. The van der Waals surface area contributed by atoms with Gasteiger partial charge in [-0.2, -0.15) is 0 Å². The second-order valence-electron chi connectivity index (χ2n) is 4.46. The van der Waals surface area contributed by atoms with E-state index in [9.17, 15) is 22.9 Å². The molecule has 0 atom stereocenters. The van der Waals surface area contributed by atoms with E-state index in [1.165, 1.54) is 18.2 Å². The molecule has 2 rings (SSSR count). The summed E-state index contributed by atoms with van der Waals surface area (Å²) in [5, 5.41) is 18.6. The van der Waals surface area contributed by atoms with E-state index < -0.39 is 20.8 Å². The summed E-state index contributed by atoms with van der Waals surface area (Å²) in [5.41, 5.74) is 0.264. The number of anilines is 1. The van der Waals surface area contributed by atoms with Crippen molar-refractivity contribution in [1.82, 2.24) is 0 Å². The van der Waals surface area contributed by atoms with Gasteiger partial charge in [-0.05, 0) is 23.8 Å². The third-order valence-corrected chi connectivity index (χ3v) is 3.78. The van der Waals surface area contributed by atoms with Crippen LogP contribution >= 0.6 is 0 Å². The van der Waals surface area contributed by atoms with Gasteiger partial charge in [-0.25, -0.2) is 17.9 Å². The number of nitrogens with zero attached hydrogens (tertiary/aromatic N) is 1. The van der Waals surface area contributed by atoms with Crippen LogP contribution in [0.15, 0.2) is 47.4 Å². The third kappa shape index (κ3) is 3.77. The number of primary sulfonamides is 1. The lowest BCUT2D eigenvalue weighted by molar-refractivity contribution is -0.384. The summed E-state index contributed by atoms with van der Waals surface area (Å²) in [6.45, 7) is 0.0770. The maximum absolute atomic E-state index is 13.2. The Hall–Kier alpha value is -2.52. The fraction of sp³-hybridized carbons (Fsp3) is 0.0769. The van der Waals surface area contributed by atoms with E-state index in [1.54, 1.807) is 6.07 Å². The van der Waals surface area contributed by atoms with Crippen molar-refractivity contribution >= 4 is 21.4 Å². The highest BCUT2D eigenvalue weighted by atomic mass is 32.2. The molecule has 2 aromatic rings. The number of hydrogen-bond donors (Lipinski definition) is 2. The molecule has 0 unspecified atom stereocenters. The van der Waals surface area contributed by atoms with Crippen molar-refractivity contribution in [1.29, 1.82) is 0 Å². The number of nitro groups is 1. The Morgan fingerprint density at radius 3 is 2.59 bits per heavy atom. The van der Waals surface area contributed by atoms with Crippen molar-refractivity contribution in [3.63, 3.8) is 0 Å². The van der Waals surface area contributed by atoms with Crippen LogP contribution in [0.5, 0.6) is 0 Å². The predicted molar refractivity (Wildman–Crippen MR) is 78.2 cm³/mol. The van der Waals surface area contributed by atoms with Gasteiger partial charge < -0.3 is 5.32 Å². The molecule has 3 N–H and O–H groups in total. The van der Waals surface area contributed by atoms with Crippen molar-refractivity contribution in [3.05, 3.63) is 64.0 Å². The molecule has 9 heteroatoms. The average molecular weight is 325 g/mol. The van der Waals surface area contributed by atoms with E-state index in [0.29, 0.717) is 5.56 Å². The molecule has 0 aliphatic carbocycles. The first-order valence-electron chi connectivity index (χ1n) is 6.07. The molecule has 116 valence electrons. The molecule has 7 nitrogen and oxygen atoms in total. The summed E-state index contributed by atoms with van der Waals surface area (Å²) >= 11 is 0. The van der Waals surface area contributed by atoms with Crippen LogP contribution in [0.25, 0.3) is 0 Å². The zero-order valence-electron chi connectivity index (χ0n) is 11.2. The third-order valence-electron chi connectivity index (χ3n) is 2.87. The fourth-order valence-electron chi connectivity index (χ4n) is 1.84. The summed E-state index contributed by atoms with van der Waals surface area (Å²) in [6.07, 6.45) is 0. The first-order chi connectivity index (χ1) is 10.3. The molecule has 0 aliphatic heterocycles. The number of benzene rings is 2. The van der Waals surface area contributed by atoms with Gasteiger partial charge in [-0.1, -0.05) is 12.1 Å². The number of hydrogen-bond acceptors (Lipinski definition) is 5. The van der Waals surface area contributed by atoms with Crippen LogP contribution in [0.1, 0.15) is 5.56 Å². The number of nitro benzene ring substituents is 1. The maximum atomic E-state index is 13.2. The lowest BCUT2D eigenvalue weighted by Crippen LogP contribution is -2.12. The molecule has 0 fully saturated rings. The quantitative estimate of drug-likeness (QED) is 0.644. The minimum absolute atomic E-state index is 0.00556. The topological polar surface area (TPSA) is 115 Å². The highest BCUT2D eigenvalue weighted by Crippen LogP contribution is 2.25. The van der Waals surface area contributed by atoms with Gasteiger partial charge in [0.2, 0.25) is 10.0 Å².